The number of benzene rings is 1. The molecule has 2 unspecified atom stereocenters. The van der Waals surface area contributed by atoms with Crippen molar-refractivity contribution in [1.82, 2.24) is 4.57 Å². The largest absolute Gasteiger partial charge is 0.418 e. The Morgan fingerprint density at radius 1 is 1.25 bits per heavy atom. The molecule has 1 aromatic heterocycles. The number of allylic oxidation sites excluding steroid dienone is 1. The standard InChI is InChI=1S/C20H17F5N2O/c1-19-7-10(6-13(19)17(21)22)16-12(19)4-3-5-15(16)26-18(28)11-8-27(2)9-14(11)20(23,24)25/h3-5,8-10H,6-7H2,1-2H3,(H,26,28). The lowest BCUT2D eigenvalue weighted by atomic mass is 9.77. The van der Waals surface area contributed by atoms with Gasteiger partial charge in [-0.1, -0.05) is 19.1 Å². The number of anilines is 1. The lowest BCUT2D eigenvalue weighted by Gasteiger charge is -2.28. The van der Waals surface area contributed by atoms with Crippen LogP contribution < -0.4 is 5.32 Å². The van der Waals surface area contributed by atoms with Gasteiger partial charge in [-0.2, -0.15) is 22.0 Å². The minimum Gasteiger partial charge on any atom is -0.356 e. The molecule has 1 amide bonds. The lowest BCUT2D eigenvalue weighted by molar-refractivity contribution is -0.137. The Balaban J connectivity index is 1.72. The number of aromatic nitrogens is 1. The molecule has 4 rings (SSSR count). The molecule has 1 aromatic carbocycles. The predicted octanol–water partition coefficient (Wildman–Crippen LogP) is 5.60. The van der Waals surface area contributed by atoms with Crippen molar-refractivity contribution in [3.05, 3.63) is 64.5 Å². The zero-order valence-electron chi connectivity index (χ0n) is 15.1. The number of nitrogens with zero attached hydrogens (tertiary/aromatic N) is 1. The number of carbonyl (C=O) groups excluding carboxylic acids is 1. The van der Waals surface area contributed by atoms with Gasteiger partial charge in [-0.15, -0.1) is 0 Å². The van der Waals surface area contributed by atoms with Crippen LogP contribution in [0, 0.1) is 0 Å². The summed E-state index contributed by atoms with van der Waals surface area (Å²) < 4.78 is 67.4. The minimum absolute atomic E-state index is 0.107. The summed E-state index contributed by atoms with van der Waals surface area (Å²) in [6.07, 6.45) is -3.66. The molecule has 2 aliphatic rings. The Hall–Kier alpha value is -2.64. The van der Waals surface area contributed by atoms with E-state index in [0.717, 1.165) is 18.0 Å². The van der Waals surface area contributed by atoms with Crippen LogP contribution in [0.2, 0.25) is 0 Å². The summed E-state index contributed by atoms with van der Waals surface area (Å²) in [6.45, 7) is 1.75. The quantitative estimate of drug-likeness (QED) is 0.659. The predicted molar refractivity (Wildman–Crippen MR) is 93.4 cm³/mol. The van der Waals surface area contributed by atoms with E-state index in [4.69, 9.17) is 0 Å². The van der Waals surface area contributed by atoms with Crippen LogP contribution in [0.25, 0.3) is 0 Å². The fourth-order valence-electron chi connectivity index (χ4n) is 4.70. The van der Waals surface area contributed by atoms with Gasteiger partial charge in [0, 0.05) is 36.1 Å². The monoisotopic (exact) mass is 396 g/mol. The molecule has 8 heteroatoms. The number of fused-ring (bicyclic) bond motifs is 5. The Morgan fingerprint density at radius 3 is 2.61 bits per heavy atom. The number of aryl methyl sites for hydroxylation is 1. The van der Waals surface area contributed by atoms with E-state index >= 15 is 0 Å². The van der Waals surface area contributed by atoms with Gasteiger partial charge < -0.3 is 9.88 Å². The van der Waals surface area contributed by atoms with E-state index in [2.05, 4.69) is 5.32 Å². The van der Waals surface area contributed by atoms with Crippen LogP contribution in [0.4, 0.5) is 27.6 Å². The summed E-state index contributed by atoms with van der Waals surface area (Å²) in [4.78, 5) is 12.6. The smallest absolute Gasteiger partial charge is 0.356 e. The summed E-state index contributed by atoms with van der Waals surface area (Å²) in [5.41, 5.74) is -0.358. The van der Waals surface area contributed by atoms with Gasteiger partial charge in [-0.3, -0.25) is 4.79 Å². The lowest BCUT2D eigenvalue weighted by Crippen LogP contribution is -2.22. The number of rotatable bonds is 2. The average Bonchev–Trinajstić information content (AvgIpc) is 3.23. The van der Waals surface area contributed by atoms with Gasteiger partial charge in [0.15, 0.2) is 0 Å². The van der Waals surface area contributed by atoms with Crippen LogP contribution in [0.1, 0.15) is 52.7 Å². The van der Waals surface area contributed by atoms with Crippen LogP contribution in [0.3, 0.4) is 0 Å². The number of halogens is 5. The first kappa shape index (κ1) is 18.7. The molecule has 148 valence electrons. The number of alkyl halides is 3. The third-order valence-electron chi connectivity index (χ3n) is 5.86. The fourth-order valence-corrected chi connectivity index (χ4v) is 4.70. The highest BCUT2D eigenvalue weighted by atomic mass is 19.4. The molecule has 0 radical (unpaired) electrons. The van der Waals surface area contributed by atoms with E-state index in [9.17, 15) is 26.7 Å². The van der Waals surface area contributed by atoms with Crippen molar-refractivity contribution in [2.75, 3.05) is 5.32 Å². The molecule has 2 aromatic rings. The van der Waals surface area contributed by atoms with Crippen molar-refractivity contribution < 1.29 is 26.7 Å². The van der Waals surface area contributed by atoms with E-state index < -0.39 is 34.7 Å². The average molecular weight is 396 g/mol. The Labute approximate surface area is 157 Å². The summed E-state index contributed by atoms with van der Waals surface area (Å²) in [5.74, 6) is -1.06. The third kappa shape index (κ3) is 2.65. The number of nitrogens with one attached hydrogen (secondary N) is 1. The summed E-state index contributed by atoms with van der Waals surface area (Å²) in [5, 5.41) is 2.57. The van der Waals surface area contributed by atoms with Crippen molar-refractivity contribution in [3.63, 3.8) is 0 Å². The van der Waals surface area contributed by atoms with E-state index in [1.807, 2.05) is 0 Å². The zero-order chi connectivity index (χ0) is 20.4. The molecule has 0 saturated heterocycles. The molecule has 0 spiro atoms. The first-order valence-electron chi connectivity index (χ1n) is 8.75. The topological polar surface area (TPSA) is 34.0 Å². The van der Waals surface area contributed by atoms with Crippen molar-refractivity contribution in [3.8, 4) is 0 Å². The third-order valence-corrected chi connectivity index (χ3v) is 5.86. The van der Waals surface area contributed by atoms with Gasteiger partial charge >= 0.3 is 6.18 Å². The number of carbonyl (C=O) groups is 1. The second kappa shape index (κ2) is 5.93. The van der Waals surface area contributed by atoms with Crippen molar-refractivity contribution >= 4 is 11.6 Å². The molecule has 2 atom stereocenters. The van der Waals surface area contributed by atoms with Gasteiger partial charge in [0.2, 0.25) is 0 Å². The molecule has 0 aliphatic heterocycles. The first-order chi connectivity index (χ1) is 13.0. The van der Waals surface area contributed by atoms with E-state index in [0.29, 0.717) is 17.7 Å². The molecule has 1 fully saturated rings. The van der Waals surface area contributed by atoms with Crippen LogP contribution in [-0.2, 0) is 18.6 Å². The molecule has 2 bridgehead atoms. The summed E-state index contributed by atoms with van der Waals surface area (Å²) in [6, 6.07) is 4.98. The maximum Gasteiger partial charge on any atom is 0.418 e. The van der Waals surface area contributed by atoms with Crippen LogP contribution in [-0.4, -0.2) is 10.5 Å². The van der Waals surface area contributed by atoms with Gasteiger partial charge in [0.1, 0.15) is 0 Å². The highest BCUT2D eigenvalue weighted by Crippen LogP contribution is 2.62. The molecular formula is C20H17F5N2O. The zero-order valence-corrected chi connectivity index (χ0v) is 15.1. The summed E-state index contributed by atoms with van der Waals surface area (Å²) in [7, 11) is 1.41. The van der Waals surface area contributed by atoms with Crippen LogP contribution in [0.15, 0.2) is 42.2 Å². The van der Waals surface area contributed by atoms with E-state index in [1.165, 1.54) is 11.6 Å². The first-order valence-corrected chi connectivity index (χ1v) is 8.75. The molecule has 1 saturated carbocycles. The molecular weight excluding hydrogens is 379 g/mol. The highest BCUT2D eigenvalue weighted by Gasteiger charge is 2.52. The summed E-state index contributed by atoms with van der Waals surface area (Å²) >= 11 is 0. The normalized spacial score (nSPS) is 23.1. The molecule has 3 nitrogen and oxygen atoms in total. The van der Waals surface area contributed by atoms with Gasteiger partial charge in [-0.05, 0) is 36.0 Å². The van der Waals surface area contributed by atoms with E-state index in [1.54, 1.807) is 25.1 Å². The number of hydrogen-bond donors (Lipinski definition) is 1. The molecule has 28 heavy (non-hydrogen) atoms. The van der Waals surface area contributed by atoms with Gasteiger partial charge in [0.05, 0.1) is 11.1 Å². The van der Waals surface area contributed by atoms with Crippen LogP contribution >= 0.6 is 0 Å². The van der Waals surface area contributed by atoms with Crippen molar-refractivity contribution in [2.45, 2.75) is 37.3 Å². The van der Waals surface area contributed by atoms with Crippen molar-refractivity contribution in [2.24, 2.45) is 7.05 Å². The van der Waals surface area contributed by atoms with Crippen LogP contribution in [0.5, 0.6) is 0 Å². The second-order valence-corrected chi connectivity index (χ2v) is 7.65. The Bertz CT molecular complexity index is 1020. The van der Waals surface area contributed by atoms with Gasteiger partial charge in [-0.25, -0.2) is 0 Å². The molecule has 2 aliphatic carbocycles. The minimum atomic E-state index is -4.66. The number of hydrogen-bond acceptors (Lipinski definition) is 1. The SMILES string of the molecule is Cn1cc(C(=O)Nc2cccc3c2C2CC(=C(F)F)C3(C)C2)c(C(F)(F)F)c1. The molecule has 1 N–H and O–H groups in total. The Morgan fingerprint density at radius 2 is 1.96 bits per heavy atom. The maximum absolute atomic E-state index is 13.3. The number of amides is 1. The fraction of sp³-hybridized carbons (Fsp3) is 0.350. The van der Waals surface area contributed by atoms with Gasteiger partial charge in [0.25, 0.3) is 12.0 Å². The van der Waals surface area contributed by atoms with Crippen molar-refractivity contribution in [1.29, 1.82) is 0 Å². The maximum atomic E-state index is 13.3. The highest BCUT2D eigenvalue weighted by molar-refractivity contribution is 6.06. The Kier molecular flexibility index (Phi) is 3.96. The second-order valence-electron chi connectivity index (χ2n) is 7.65. The molecule has 1 heterocycles. The van der Waals surface area contributed by atoms with E-state index in [-0.39, 0.29) is 17.9 Å².